The second-order valence-electron chi connectivity index (χ2n) is 4.88. The van der Waals surface area contributed by atoms with Gasteiger partial charge in [0.15, 0.2) is 0 Å². The van der Waals surface area contributed by atoms with E-state index >= 15 is 0 Å². The zero-order chi connectivity index (χ0) is 17.5. The molecule has 23 heavy (non-hydrogen) atoms. The van der Waals surface area contributed by atoms with Crippen molar-refractivity contribution in [1.29, 1.82) is 0 Å². The molecule has 0 radical (unpaired) electrons. The zero-order valence-corrected chi connectivity index (χ0v) is 14.3. The van der Waals surface area contributed by atoms with Crippen molar-refractivity contribution in [2.45, 2.75) is 38.1 Å². The molecule has 1 rings (SSSR count). The van der Waals surface area contributed by atoms with Gasteiger partial charge >= 0.3 is 5.97 Å². The molecule has 0 aliphatic carbocycles. The van der Waals surface area contributed by atoms with Crippen LogP contribution < -0.4 is 10.0 Å². The molecule has 8 heteroatoms. The molecule has 0 spiro atoms. The zero-order valence-electron chi connectivity index (χ0n) is 13.5. The van der Waals surface area contributed by atoms with Gasteiger partial charge in [0.1, 0.15) is 0 Å². The van der Waals surface area contributed by atoms with Crippen molar-refractivity contribution in [2.75, 3.05) is 13.2 Å². The van der Waals surface area contributed by atoms with E-state index < -0.39 is 27.9 Å². The Balaban J connectivity index is 2.80. The molecule has 1 aromatic carbocycles. The summed E-state index contributed by atoms with van der Waals surface area (Å²) in [7, 11) is -3.85. The summed E-state index contributed by atoms with van der Waals surface area (Å²) in [6.45, 7) is 5.78. The number of benzene rings is 1. The van der Waals surface area contributed by atoms with Crippen molar-refractivity contribution >= 4 is 21.9 Å². The highest BCUT2D eigenvalue weighted by atomic mass is 32.2. The van der Waals surface area contributed by atoms with E-state index in [1.807, 2.05) is 6.92 Å². The Morgan fingerprint density at radius 1 is 1.17 bits per heavy atom. The Hall–Kier alpha value is -1.93. The normalized spacial score (nSPS) is 12.5. The third-order valence-electron chi connectivity index (χ3n) is 2.95. The van der Waals surface area contributed by atoms with Crippen LogP contribution in [0.25, 0.3) is 0 Å². The Labute approximate surface area is 136 Å². The van der Waals surface area contributed by atoms with Crippen LogP contribution >= 0.6 is 0 Å². The number of rotatable bonds is 8. The molecule has 1 atom stereocenters. The number of carbonyl (C=O) groups is 2. The maximum atomic E-state index is 12.2. The molecule has 0 saturated heterocycles. The lowest BCUT2D eigenvalue weighted by atomic mass is 10.2. The van der Waals surface area contributed by atoms with Crippen molar-refractivity contribution in [3.05, 3.63) is 29.8 Å². The fourth-order valence-electron chi connectivity index (χ4n) is 1.74. The number of sulfonamides is 1. The average molecular weight is 342 g/mol. The number of hydrogen-bond donors (Lipinski definition) is 2. The standard InChI is InChI=1S/C15H22N2O5S/c1-4-10-16-14(18)11(3)17-23(20,21)13-8-6-12(7-9-13)15(19)22-5-2/h6-9,11,17H,4-5,10H2,1-3H3,(H,16,18)/t11-/m1/s1. The van der Waals surface area contributed by atoms with E-state index in [0.717, 1.165) is 6.42 Å². The number of carbonyl (C=O) groups excluding carboxylic acids is 2. The number of hydrogen-bond acceptors (Lipinski definition) is 5. The Kier molecular flexibility index (Phi) is 7.18. The van der Waals surface area contributed by atoms with Gasteiger partial charge in [-0.05, 0) is 44.5 Å². The van der Waals surface area contributed by atoms with E-state index in [9.17, 15) is 18.0 Å². The van der Waals surface area contributed by atoms with Gasteiger partial charge in [-0.2, -0.15) is 4.72 Å². The van der Waals surface area contributed by atoms with Crippen molar-refractivity contribution < 1.29 is 22.7 Å². The summed E-state index contributed by atoms with van der Waals surface area (Å²) in [5.74, 6) is -0.907. The smallest absolute Gasteiger partial charge is 0.338 e. The summed E-state index contributed by atoms with van der Waals surface area (Å²) < 4.78 is 31.6. The first kappa shape index (κ1) is 19.1. The lowest BCUT2D eigenvalue weighted by Gasteiger charge is -2.14. The highest BCUT2D eigenvalue weighted by Crippen LogP contribution is 2.12. The first-order chi connectivity index (χ1) is 10.8. The second kappa shape index (κ2) is 8.64. The molecule has 1 amide bonds. The highest BCUT2D eigenvalue weighted by molar-refractivity contribution is 7.89. The van der Waals surface area contributed by atoms with Gasteiger partial charge in [-0.1, -0.05) is 6.92 Å². The third kappa shape index (κ3) is 5.65. The van der Waals surface area contributed by atoms with Crippen LogP contribution in [0.5, 0.6) is 0 Å². The first-order valence-corrected chi connectivity index (χ1v) is 8.87. The number of amides is 1. The SMILES string of the molecule is CCCNC(=O)[C@@H](C)NS(=O)(=O)c1ccc(C(=O)OCC)cc1. The van der Waals surface area contributed by atoms with E-state index in [4.69, 9.17) is 4.74 Å². The molecular formula is C15H22N2O5S. The minimum absolute atomic E-state index is 0.0271. The van der Waals surface area contributed by atoms with Gasteiger partial charge in [0.2, 0.25) is 15.9 Å². The predicted octanol–water partition coefficient (Wildman–Crippen LogP) is 1.06. The summed E-state index contributed by atoms with van der Waals surface area (Å²) in [5, 5.41) is 2.62. The van der Waals surface area contributed by atoms with Gasteiger partial charge in [-0.25, -0.2) is 13.2 Å². The Morgan fingerprint density at radius 2 is 1.78 bits per heavy atom. The van der Waals surface area contributed by atoms with Gasteiger partial charge in [0.05, 0.1) is 23.1 Å². The molecule has 0 unspecified atom stereocenters. The molecule has 128 valence electrons. The molecule has 0 aromatic heterocycles. The van der Waals surface area contributed by atoms with E-state index in [2.05, 4.69) is 10.0 Å². The van der Waals surface area contributed by atoms with E-state index in [1.54, 1.807) is 6.92 Å². The molecule has 2 N–H and O–H groups in total. The van der Waals surface area contributed by atoms with E-state index in [0.29, 0.717) is 6.54 Å². The number of ether oxygens (including phenoxy) is 1. The first-order valence-electron chi connectivity index (χ1n) is 7.39. The topological polar surface area (TPSA) is 102 Å². The van der Waals surface area contributed by atoms with Crippen LogP contribution in [-0.4, -0.2) is 39.5 Å². The summed E-state index contributed by atoms with van der Waals surface area (Å²) in [5.41, 5.74) is 0.263. The van der Waals surface area contributed by atoms with Gasteiger partial charge < -0.3 is 10.1 Å². The van der Waals surface area contributed by atoms with Gasteiger partial charge in [0, 0.05) is 6.54 Å². The molecule has 7 nitrogen and oxygen atoms in total. The van der Waals surface area contributed by atoms with Crippen LogP contribution in [0.4, 0.5) is 0 Å². The van der Waals surface area contributed by atoms with Gasteiger partial charge in [-0.3, -0.25) is 4.79 Å². The maximum Gasteiger partial charge on any atom is 0.338 e. The summed E-state index contributed by atoms with van der Waals surface area (Å²) in [6.07, 6.45) is 0.764. The van der Waals surface area contributed by atoms with E-state index in [1.165, 1.54) is 31.2 Å². The third-order valence-corrected chi connectivity index (χ3v) is 4.51. The largest absolute Gasteiger partial charge is 0.462 e. The quantitative estimate of drug-likeness (QED) is 0.688. The molecular weight excluding hydrogens is 320 g/mol. The van der Waals surface area contributed by atoms with Crippen LogP contribution in [-0.2, 0) is 19.6 Å². The Bertz CT molecular complexity index is 640. The van der Waals surface area contributed by atoms with Gasteiger partial charge in [-0.15, -0.1) is 0 Å². The molecule has 0 heterocycles. The molecule has 1 aromatic rings. The minimum Gasteiger partial charge on any atom is -0.462 e. The average Bonchev–Trinajstić information content (AvgIpc) is 2.52. The van der Waals surface area contributed by atoms with Gasteiger partial charge in [0.25, 0.3) is 0 Å². The predicted molar refractivity (Wildman–Crippen MR) is 85.5 cm³/mol. The fraction of sp³-hybridized carbons (Fsp3) is 0.467. The monoisotopic (exact) mass is 342 g/mol. The highest BCUT2D eigenvalue weighted by Gasteiger charge is 2.22. The van der Waals surface area contributed by atoms with Crippen LogP contribution in [0.3, 0.4) is 0 Å². The van der Waals surface area contributed by atoms with Crippen LogP contribution in [0.2, 0.25) is 0 Å². The molecule has 0 saturated carbocycles. The molecule has 0 aliphatic heterocycles. The van der Waals surface area contributed by atoms with Crippen LogP contribution in [0, 0.1) is 0 Å². The lowest BCUT2D eigenvalue weighted by molar-refractivity contribution is -0.122. The molecule has 0 aliphatic rings. The summed E-state index contributed by atoms with van der Waals surface area (Å²) >= 11 is 0. The molecule has 0 fully saturated rings. The Morgan fingerprint density at radius 3 is 2.30 bits per heavy atom. The summed E-state index contributed by atoms with van der Waals surface area (Å²) in [4.78, 5) is 23.2. The van der Waals surface area contributed by atoms with Crippen molar-refractivity contribution in [1.82, 2.24) is 10.0 Å². The van der Waals surface area contributed by atoms with Crippen LogP contribution in [0.15, 0.2) is 29.2 Å². The van der Waals surface area contributed by atoms with Crippen molar-refractivity contribution in [3.8, 4) is 0 Å². The van der Waals surface area contributed by atoms with Crippen molar-refractivity contribution in [3.63, 3.8) is 0 Å². The summed E-state index contributed by atoms with van der Waals surface area (Å²) in [6, 6.07) is 4.44. The van der Waals surface area contributed by atoms with Crippen LogP contribution in [0.1, 0.15) is 37.6 Å². The maximum absolute atomic E-state index is 12.2. The van der Waals surface area contributed by atoms with E-state index in [-0.39, 0.29) is 17.1 Å². The fourth-order valence-corrected chi connectivity index (χ4v) is 2.94. The van der Waals surface area contributed by atoms with Crippen molar-refractivity contribution in [2.24, 2.45) is 0 Å². The molecule has 0 bridgehead atoms. The number of nitrogens with one attached hydrogen (secondary N) is 2. The second-order valence-corrected chi connectivity index (χ2v) is 6.59. The minimum atomic E-state index is -3.85. The lowest BCUT2D eigenvalue weighted by Crippen LogP contribution is -2.44. The number of esters is 1.